The van der Waals surface area contributed by atoms with Crippen molar-refractivity contribution in [3.05, 3.63) is 35.4 Å². The summed E-state index contributed by atoms with van der Waals surface area (Å²) in [5, 5.41) is 8.79. The lowest BCUT2D eigenvalue weighted by Gasteiger charge is -2.34. The first kappa shape index (κ1) is 15.9. The van der Waals surface area contributed by atoms with Crippen molar-refractivity contribution in [3.63, 3.8) is 0 Å². The van der Waals surface area contributed by atoms with Gasteiger partial charge in [-0.05, 0) is 24.0 Å². The van der Waals surface area contributed by atoms with Crippen molar-refractivity contribution in [2.45, 2.75) is 13.0 Å². The fourth-order valence-electron chi connectivity index (χ4n) is 2.45. The second-order valence-corrected chi connectivity index (χ2v) is 6.19. The quantitative estimate of drug-likeness (QED) is 0.834. The second-order valence-electron chi connectivity index (χ2n) is 5.21. The highest BCUT2D eigenvalue weighted by Crippen LogP contribution is 2.11. The summed E-state index contributed by atoms with van der Waals surface area (Å²) in [6.45, 7) is 4.38. The Morgan fingerprint density at radius 2 is 1.90 bits per heavy atom. The largest absolute Gasteiger partial charge is 0.340 e. The predicted octanol–water partition coefficient (Wildman–Crippen LogP) is 1.96. The SMILES string of the molecule is CSCCC(=O)N1CCN(Cc2ccc(C#N)cc2)CC1. The van der Waals surface area contributed by atoms with E-state index in [0.717, 1.165) is 38.5 Å². The van der Waals surface area contributed by atoms with Gasteiger partial charge in [0.05, 0.1) is 11.6 Å². The van der Waals surface area contributed by atoms with Crippen LogP contribution in [0.3, 0.4) is 0 Å². The molecule has 1 fully saturated rings. The van der Waals surface area contributed by atoms with Crippen LogP contribution in [0.5, 0.6) is 0 Å². The molecule has 1 aliphatic heterocycles. The summed E-state index contributed by atoms with van der Waals surface area (Å²) in [6, 6.07) is 9.87. The monoisotopic (exact) mass is 303 g/mol. The van der Waals surface area contributed by atoms with Crippen molar-refractivity contribution >= 4 is 17.7 Å². The Labute approximate surface area is 130 Å². The first-order valence-electron chi connectivity index (χ1n) is 7.21. The maximum Gasteiger partial charge on any atom is 0.223 e. The Hall–Kier alpha value is -1.51. The van der Waals surface area contributed by atoms with Crippen molar-refractivity contribution in [2.24, 2.45) is 0 Å². The average Bonchev–Trinajstić information content (AvgIpc) is 2.54. The molecule has 1 aliphatic rings. The zero-order valence-corrected chi connectivity index (χ0v) is 13.2. The summed E-state index contributed by atoms with van der Waals surface area (Å²) in [6.07, 6.45) is 2.68. The molecule has 1 aromatic rings. The van der Waals surface area contributed by atoms with E-state index in [-0.39, 0.29) is 5.91 Å². The van der Waals surface area contributed by atoms with E-state index >= 15 is 0 Å². The standard InChI is InChI=1S/C16H21N3OS/c1-21-11-6-16(20)19-9-7-18(8-10-19)13-15-4-2-14(12-17)3-5-15/h2-5H,6-11,13H2,1H3. The molecule has 0 spiro atoms. The third-order valence-electron chi connectivity index (χ3n) is 3.73. The van der Waals surface area contributed by atoms with Gasteiger partial charge in [0.25, 0.3) is 0 Å². The molecule has 2 rings (SSSR count). The highest BCUT2D eigenvalue weighted by Gasteiger charge is 2.20. The van der Waals surface area contributed by atoms with Gasteiger partial charge in [-0.3, -0.25) is 9.69 Å². The van der Waals surface area contributed by atoms with Crippen LogP contribution < -0.4 is 0 Å². The van der Waals surface area contributed by atoms with Gasteiger partial charge in [0.1, 0.15) is 0 Å². The lowest BCUT2D eigenvalue weighted by atomic mass is 10.1. The van der Waals surface area contributed by atoms with Gasteiger partial charge in [-0.15, -0.1) is 0 Å². The highest BCUT2D eigenvalue weighted by atomic mass is 32.2. The number of thioether (sulfide) groups is 1. The zero-order valence-electron chi connectivity index (χ0n) is 12.4. The molecule has 1 saturated heterocycles. The first-order valence-corrected chi connectivity index (χ1v) is 8.60. The summed E-state index contributed by atoms with van der Waals surface area (Å²) in [5.74, 6) is 1.19. The molecule has 1 amide bonds. The van der Waals surface area contributed by atoms with E-state index in [1.165, 1.54) is 5.56 Å². The third kappa shape index (κ3) is 4.76. The summed E-state index contributed by atoms with van der Waals surface area (Å²) in [7, 11) is 0. The van der Waals surface area contributed by atoms with Crippen LogP contribution in [0.15, 0.2) is 24.3 Å². The van der Waals surface area contributed by atoms with E-state index in [0.29, 0.717) is 12.0 Å². The maximum absolute atomic E-state index is 12.0. The van der Waals surface area contributed by atoms with Crippen molar-refractivity contribution in [3.8, 4) is 6.07 Å². The van der Waals surface area contributed by atoms with E-state index in [2.05, 4.69) is 11.0 Å². The molecule has 1 heterocycles. The lowest BCUT2D eigenvalue weighted by Crippen LogP contribution is -2.48. The molecule has 0 atom stereocenters. The van der Waals surface area contributed by atoms with E-state index in [9.17, 15) is 4.79 Å². The van der Waals surface area contributed by atoms with Crippen LogP contribution in [0.1, 0.15) is 17.5 Å². The number of carbonyl (C=O) groups excluding carboxylic acids is 1. The van der Waals surface area contributed by atoms with E-state index in [1.54, 1.807) is 11.8 Å². The van der Waals surface area contributed by atoms with Crippen LogP contribution in [0, 0.1) is 11.3 Å². The predicted molar refractivity (Wildman–Crippen MR) is 86.0 cm³/mol. The van der Waals surface area contributed by atoms with Gasteiger partial charge < -0.3 is 4.90 Å². The Morgan fingerprint density at radius 1 is 1.24 bits per heavy atom. The molecule has 0 aliphatic carbocycles. The van der Waals surface area contributed by atoms with Crippen LogP contribution in [0.2, 0.25) is 0 Å². The van der Waals surface area contributed by atoms with Gasteiger partial charge >= 0.3 is 0 Å². The lowest BCUT2D eigenvalue weighted by molar-refractivity contribution is -0.132. The van der Waals surface area contributed by atoms with E-state index in [4.69, 9.17) is 5.26 Å². The molecular weight excluding hydrogens is 282 g/mol. The molecule has 21 heavy (non-hydrogen) atoms. The van der Waals surface area contributed by atoms with Gasteiger partial charge in [0.2, 0.25) is 5.91 Å². The molecular formula is C16H21N3OS. The Balaban J connectivity index is 1.78. The van der Waals surface area contributed by atoms with Gasteiger partial charge in [-0.25, -0.2) is 0 Å². The van der Waals surface area contributed by atoms with E-state index < -0.39 is 0 Å². The number of nitriles is 1. The van der Waals surface area contributed by atoms with Crippen LogP contribution in [-0.4, -0.2) is 53.9 Å². The number of hydrogen-bond acceptors (Lipinski definition) is 4. The number of rotatable bonds is 5. The number of piperazine rings is 1. The molecule has 0 saturated carbocycles. The number of amides is 1. The van der Waals surface area contributed by atoms with Crippen LogP contribution in [0.4, 0.5) is 0 Å². The molecule has 0 aromatic heterocycles. The summed E-state index contributed by atoms with van der Waals surface area (Å²) < 4.78 is 0. The normalized spacial score (nSPS) is 15.7. The molecule has 0 unspecified atom stereocenters. The Morgan fingerprint density at radius 3 is 2.48 bits per heavy atom. The fraction of sp³-hybridized carbons (Fsp3) is 0.500. The van der Waals surface area contributed by atoms with Crippen molar-refractivity contribution in [2.75, 3.05) is 38.2 Å². The van der Waals surface area contributed by atoms with Gasteiger partial charge in [-0.1, -0.05) is 12.1 Å². The maximum atomic E-state index is 12.0. The van der Waals surface area contributed by atoms with Gasteiger partial charge in [0.15, 0.2) is 0 Å². The van der Waals surface area contributed by atoms with E-state index in [1.807, 2.05) is 35.4 Å². The van der Waals surface area contributed by atoms with Crippen molar-refractivity contribution in [1.82, 2.24) is 9.80 Å². The molecule has 0 radical (unpaired) electrons. The Bertz CT molecular complexity index is 501. The first-order chi connectivity index (χ1) is 10.2. The molecule has 1 aromatic carbocycles. The number of nitrogens with zero attached hydrogens (tertiary/aromatic N) is 3. The fourth-order valence-corrected chi connectivity index (χ4v) is 2.82. The van der Waals surface area contributed by atoms with Crippen LogP contribution in [0.25, 0.3) is 0 Å². The smallest absolute Gasteiger partial charge is 0.223 e. The number of carbonyl (C=O) groups is 1. The van der Waals surface area contributed by atoms with Crippen molar-refractivity contribution < 1.29 is 4.79 Å². The molecule has 5 heteroatoms. The highest BCUT2D eigenvalue weighted by molar-refractivity contribution is 7.98. The number of benzene rings is 1. The summed E-state index contributed by atoms with van der Waals surface area (Å²) >= 11 is 1.72. The van der Waals surface area contributed by atoms with Crippen molar-refractivity contribution in [1.29, 1.82) is 5.26 Å². The average molecular weight is 303 g/mol. The second kappa shape index (κ2) is 8.06. The molecule has 112 valence electrons. The topological polar surface area (TPSA) is 47.3 Å². The minimum absolute atomic E-state index is 0.280. The molecule has 0 bridgehead atoms. The Kier molecular flexibility index (Phi) is 6.09. The number of hydrogen-bond donors (Lipinski definition) is 0. The van der Waals surface area contributed by atoms with Crippen LogP contribution >= 0.6 is 11.8 Å². The third-order valence-corrected chi connectivity index (χ3v) is 4.35. The summed E-state index contributed by atoms with van der Waals surface area (Å²) in [4.78, 5) is 16.3. The molecule has 4 nitrogen and oxygen atoms in total. The summed E-state index contributed by atoms with van der Waals surface area (Å²) in [5.41, 5.74) is 1.92. The minimum Gasteiger partial charge on any atom is -0.340 e. The minimum atomic E-state index is 0.280. The van der Waals surface area contributed by atoms with Gasteiger partial charge in [0, 0.05) is 44.9 Å². The molecule has 0 N–H and O–H groups in total. The van der Waals surface area contributed by atoms with Crippen LogP contribution in [-0.2, 0) is 11.3 Å². The van der Waals surface area contributed by atoms with Gasteiger partial charge in [-0.2, -0.15) is 17.0 Å². The zero-order chi connectivity index (χ0) is 15.1.